The second kappa shape index (κ2) is 8.59. The van der Waals surface area contributed by atoms with Crippen molar-refractivity contribution in [3.63, 3.8) is 0 Å². The fourth-order valence-corrected chi connectivity index (χ4v) is 2.80. The summed E-state index contributed by atoms with van der Waals surface area (Å²) in [4.78, 5) is 36.1. The van der Waals surface area contributed by atoms with Crippen LogP contribution in [0, 0.1) is 21.4 Å². The average Bonchev–Trinajstić information content (AvgIpc) is 2.74. The number of non-ortho nitro benzene ring substituents is 1. The van der Waals surface area contributed by atoms with Crippen molar-refractivity contribution in [1.82, 2.24) is 0 Å². The monoisotopic (exact) mass is 385 g/mol. The van der Waals surface area contributed by atoms with Crippen LogP contribution in [0.15, 0.2) is 72.8 Å². The number of nitrogens with zero attached hydrogens (tertiary/aromatic N) is 2. The normalized spacial score (nSPS) is 10.0. The van der Waals surface area contributed by atoms with Gasteiger partial charge in [-0.3, -0.25) is 19.7 Å². The lowest BCUT2D eigenvalue weighted by Gasteiger charge is -2.11. The van der Waals surface area contributed by atoms with Gasteiger partial charge in [-0.25, -0.2) is 0 Å². The third-order valence-corrected chi connectivity index (χ3v) is 4.22. The van der Waals surface area contributed by atoms with Crippen molar-refractivity contribution >= 4 is 23.1 Å². The van der Waals surface area contributed by atoms with Crippen LogP contribution < -0.4 is 5.32 Å². The lowest BCUT2D eigenvalue weighted by molar-refractivity contribution is -0.384. The van der Waals surface area contributed by atoms with Gasteiger partial charge >= 0.3 is 0 Å². The molecule has 1 amide bonds. The van der Waals surface area contributed by atoms with Crippen molar-refractivity contribution in [3.8, 4) is 6.07 Å². The summed E-state index contributed by atoms with van der Waals surface area (Å²) in [5.74, 6) is -0.927. The highest BCUT2D eigenvalue weighted by Crippen LogP contribution is 2.25. The second-order valence-corrected chi connectivity index (χ2v) is 6.17. The Morgan fingerprint density at radius 3 is 2.38 bits per heavy atom. The Hall–Kier alpha value is -4.31. The average molecular weight is 385 g/mol. The largest absolute Gasteiger partial charge is 0.321 e. The maximum atomic E-state index is 12.9. The van der Waals surface area contributed by atoms with Gasteiger partial charge in [0.25, 0.3) is 11.6 Å². The summed E-state index contributed by atoms with van der Waals surface area (Å²) >= 11 is 0. The lowest BCUT2D eigenvalue weighted by atomic mass is 10.0. The number of carbonyl (C=O) groups excluding carboxylic acids is 2. The van der Waals surface area contributed by atoms with Crippen LogP contribution in [0.3, 0.4) is 0 Å². The summed E-state index contributed by atoms with van der Waals surface area (Å²) in [5.41, 5.74) is 1.28. The Balaban J connectivity index is 1.97. The lowest BCUT2D eigenvalue weighted by Crippen LogP contribution is -2.15. The molecule has 0 aliphatic rings. The van der Waals surface area contributed by atoms with Crippen LogP contribution in [0.2, 0.25) is 0 Å². The fraction of sp³-hybridized carbons (Fsp3) is 0.0455. The molecular formula is C22H15N3O4. The van der Waals surface area contributed by atoms with Gasteiger partial charge in [-0.15, -0.1) is 0 Å². The maximum Gasteiger partial charge on any atom is 0.270 e. The molecule has 29 heavy (non-hydrogen) atoms. The van der Waals surface area contributed by atoms with E-state index in [-0.39, 0.29) is 23.4 Å². The maximum absolute atomic E-state index is 12.9. The molecule has 0 spiro atoms. The van der Waals surface area contributed by atoms with Crippen molar-refractivity contribution in [2.45, 2.75) is 6.42 Å². The minimum Gasteiger partial charge on any atom is -0.321 e. The van der Waals surface area contributed by atoms with Gasteiger partial charge in [-0.1, -0.05) is 42.5 Å². The Bertz CT molecular complexity index is 1130. The van der Waals surface area contributed by atoms with Crippen LogP contribution in [0.1, 0.15) is 31.8 Å². The van der Waals surface area contributed by atoms with E-state index in [2.05, 4.69) is 5.32 Å². The molecule has 0 saturated heterocycles. The number of nitro groups is 1. The topological polar surface area (TPSA) is 113 Å². The van der Waals surface area contributed by atoms with Crippen molar-refractivity contribution in [2.75, 3.05) is 5.32 Å². The van der Waals surface area contributed by atoms with Crippen molar-refractivity contribution < 1.29 is 14.5 Å². The van der Waals surface area contributed by atoms with E-state index in [9.17, 15) is 19.7 Å². The summed E-state index contributed by atoms with van der Waals surface area (Å²) in [6.07, 6.45) is 0.163. The molecule has 0 radical (unpaired) electrons. The van der Waals surface area contributed by atoms with E-state index >= 15 is 0 Å². The van der Waals surface area contributed by atoms with Crippen molar-refractivity contribution in [2.24, 2.45) is 0 Å². The molecule has 7 nitrogen and oxygen atoms in total. The SMILES string of the molecule is N#CCc1cccc(C(=O)Nc2ccc([N+](=O)[O-])cc2C(=O)c2ccccc2)c1. The van der Waals surface area contributed by atoms with Gasteiger partial charge in [0.15, 0.2) is 5.78 Å². The molecule has 1 N–H and O–H groups in total. The Labute approximate surface area is 166 Å². The molecular weight excluding hydrogens is 370 g/mol. The zero-order valence-corrected chi connectivity index (χ0v) is 15.2. The predicted molar refractivity (Wildman–Crippen MR) is 107 cm³/mol. The number of hydrogen-bond donors (Lipinski definition) is 1. The summed E-state index contributed by atoms with van der Waals surface area (Å²) in [6.45, 7) is 0. The molecule has 3 aromatic carbocycles. The van der Waals surface area contributed by atoms with Gasteiger partial charge in [0, 0.05) is 23.3 Å². The van der Waals surface area contributed by atoms with Crippen LogP contribution in [0.25, 0.3) is 0 Å². The van der Waals surface area contributed by atoms with Gasteiger partial charge in [0.2, 0.25) is 0 Å². The number of anilines is 1. The van der Waals surface area contributed by atoms with Crippen LogP contribution in [-0.2, 0) is 6.42 Å². The van der Waals surface area contributed by atoms with Crippen LogP contribution in [-0.4, -0.2) is 16.6 Å². The molecule has 3 aromatic rings. The van der Waals surface area contributed by atoms with E-state index in [1.165, 1.54) is 12.1 Å². The van der Waals surface area contributed by atoms with Crippen LogP contribution in [0.5, 0.6) is 0 Å². The molecule has 0 aromatic heterocycles. The van der Waals surface area contributed by atoms with E-state index in [0.717, 1.165) is 6.07 Å². The molecule has 0 unspecified atom stereocenters. The molecule has 0 heterocycles. The molecule has 0 saturated carbocycles. The van der Waals surface area contributed by atoms with Gasteiger partial charge in [-0.2, -0.15) is 5.26 Å². The number of nitriles is 1. The highest BCUT2D eigenvalue weighted by molar-refractivity contribution is 6.15. The Morgan fingerprint density at radius 2 is 1.69 bits per heavy atom. The number of carbonyl (C=O) groups is 2. The molecule has 0 aliphatic heterocycles. The third kappa shape index (κ3) is 4.51. The zero-order valence-electron chi connectivity index (χ0n) is 15.2. The number of rotatable bonds is 6. The summed E-state index contributed by atoms with van der Waals surface area (Å²) in [7, 11) is 0. The van der Waals surface area contributed by atoms with Gasteiger partial charge in [-0.05, 0) is 23.8 Å². The molecule has 0 bridgehead atoms. The molecule has 0 atom stereocenters. The summed E-state index contributed by atoms with van der Waals surface area (Å²) in [5, 5.41) is 22.6. The predicted octanol–water partition coefficient (Wildman–Crippen LogP) is 4.14. The highest BCUT2D eigenvalue weighted by atomic mass is 16.6. The Morgan fingerprint density at radius 1 is 0.966 bits per heavy atom. The van der Waals surface area contributed by atoms with E-state index < -0.39 is 16.6 Å². The molecule has 3 rings (SSSR count). The third-order valence-electron chi connectivity index (χ3n) is 4.22. The van der Waals surface area contributed by atoms with Gasteiger partial charge in [0.05, 0.1) is 28.7 Å². The summed E-state index contributed by atoms with van der Waals surface area (Å²) < 4.78 is 0. The number of amides is 1. The van der Waals surface area contributed by atoms with E-state index in [0.29, 0.717) is 16.7 Å². The minimum atomic E-state index is -0.598. The Kier molecular flexibility index (Phi) is 5.76. The minimum absolute atomic E-state index is 0.0203. The quantitative estimate of drug-likeness (QED) is 0.389. The van der Waals surface area contributed by atoms with Crippen LogP contribution >= 0.6 is 0 Å². The second-order valence-electron chi connectivity index (χ2n) is 6.17. The van der Waals surface area contributed by atoms with E-state index in [1.807, 2.05) is 6.07 Å². The smallest absolute Gasteiger partial charge is 0.270 e. The first-order valence-corrected chi connectivity index (χ1v) is 8.65. The molecule has 7 heteroatoms. The number of nitrogens with one attached hydrogen (secondary N) is 1. The highest BCUT2D eigenvalue weighted by Gasteiger charge is 2.20. The fourth-order valence-electron chi connectivity index (χ4n) is 2.80. The zero-order chi connectivity index (χ0) is 20.8. The van der Waals surface area contributed by atoms with Crippen LogP contribution in [0.4, 0.5) is 11.4 Å². The van der Waals surface area contributed by atoms with Gasteiger partial charge in [0.1, 0.15) is 0 Å². The van der Waals surface area contributed by atoms with E-state index in [1.54, 1.807) is 54.6 Å². The number of benzene rings is 3. The number of hydrogen-bond acceptors (Lipinski definition) is 5. The first kappa shape index (κ1) is 19.5. The molecule has 0 fully saturated rings. The van der Waals surface area contributed by atoms with E-state index in [4.69, 9.17) is 5.26 Å². The standard InChI is InChI=1S/C22H15N3O4/c23-12-11-15-5-4-8-17(13-15)22(27)24-20-10-9-18(25(28)29)14-19(20)21(26)16-6-2-1-3-7-16/h1-10,13-14H,11H2,(H,24,27). The first-order chi connectivity index (χ1) is 14.0. The number of nitro benzene ring substituents is 1. The van der Waals surface area contributed by atoms with Crippen molar-refractivity contribution in [3.05, 3.63) is 105 Å². The molecule has 0 aliphatic carbocycles. The number of ketones is 1. The van der Waals surface area contributed by atoms with Gasteiger partial charge < -0.3 is 5.32 Å². The summed E-state index contributed by atoms with van der Waals surface area (Å²) in [6, 6.07) is 20.6. The molecule has 142 valence electrons. The first-order valence-electron chi connectivity index (χ1n) is 8.65. The van der Waals surface area contributed by atoms with Crippen molar-refractivity contribution in [1.29, 1.82) is 5.26 Å².